The Kier molecular flexibility index (Phi) is 3.33. The van der Waals surface area contributed by atoms with Crippen LogP contribution in [0.15, 0.2) is 35.5 Å². The van der Waals surface area contributed by atoms with Crippen LogP contribution < -0.4 is 0 Å². The van der Waals surface area contributed by atoms with E-state index < -0.39 is 0 Å². The Labute approximate surface area is 72.5 Å². The summed E-state index contributed by atoms with van der Waals surface area (Å²) < 4.78 is 0. The number of hydrogen-bond acceptors (Lipinski definition) is 2. The van der Waals surface area contributed by atoms with E-state index in [1.807, 2.05) is 18.2 Å². The molecule has 0 aliphatic rings. The van der Waals surface area contributed by atoms with Crippen LogP contribution in [0, 0.1) is 0 Å². The second-order valence-corrected chi connectivity index (χ2v) is 2.85. The largest absolute Gasteiger partial charge is 0.411 e. The third kappa shape index (κ3) is 2.38. The van der Waals surface area contributed by atoms with E-state index in [1.54, 1.807) is 0 Å². The molecule has 0 saturated heterocycles. The smallest absolute Gasteiger partial charge is 0.0441 e. The first-order valence-corrected chi connectivity index (χ1v) is 4.05. The van der Waals surface area contributed by atoms with Crippen molar-refractivity contribution in [2.75, 3.05) is 0 Å². The molecule has 0 heterocycles. The van der Waals surface area contributed by atoms with Crippen molar-refractivity contribution in [1.29, 1.82) is 0 Å². The first kappa shape index (κ1) is 8.78. The van der Waals surface area contributed by atoms with Crippen molar-refractivity contribution in [3.8, 4) is 0 Å². The topological polar surface area (TPSA) is 32.6 Å². The van der Waals surface area contributed by atoms with Crippen LogP contribution in [-0.4, -0.2) is 11.4 Å². The molecule has 1 aromatic rings. The van der Waals surface area contributed by atoms with E-state index in [0.29, 0.717) is 5.92 Å². The molecule has 1 aromatic carbocycles. The average Bonchev–Trinajstić information content (AvgIpc) is 2.15. The van der Waals surface area contributed by atoms with Crippen molar-refractivity contribution in [3.63, 3.8) is 0 Å². The summed E-state index contributed by atoms with van der Waals surface area (Å²) in [5.41, 5.74) is 1.28. The van der Waals surface area contributed by atoms with Crippen LogP contribution in [0.3, 0.4) is 0 Å². The Morgan fingerprint density at radius 3 is 2.67 bits per heavy atom. The predicted octanol–water partition coefficient (Wildman–Crippen LogP) is 2.64. The van der Waals surface area contributed by atoms with E-state index in [2.05, 4.69) is 24.2 Å². The van der Waals surface area contributed by atoms with Crippen LogP contribution in [0.4, 0.5) is 0 Å². The van der Waals surface area contributed by atoms with Crippen molar-refractivity contribution >= 4 is 6.21 Å². The summed E-state index contributed by atoms with van der Waals surface area (Å²) in [6, 6.07) is 10.2. The number of benzene rings is 1. The van der Waals surface area contributed by atoms with Crippen LogP contribution in [0.1, 0.15) is 24.8 Å². The highest BCUT2D eigenvalue weighted by Gasteiger charge is 2.01. The van der Waals surface area contributed by atoms with Crippen molar-refractivity contribution in [1.82, 2.24) is 0 Å². The standard InChI is InChI=1S/C10H13NO/c1-9(7-8-11-12)10-5-3-2-4-6-10/h2-6,8-9,12H,7H2,1H3. The molecule has 0 amide bonds. The van der Waals surface area contributed by atoms with Gasteiger partial charge in [-0.1, -0.05) is 37.3 Å². The van der Waals surface area contributed by atoms with Gasteiger partial charge >= 0.3 is 0 Å². The van der Waals surface area contributed by atoms with Gasteiger partial charge in [0.15, 0.2) is 0 Å². The van der Waals surface area contributed by atoms with Gasteiger partial charge in [-0.3, -0.25) is 0 Å². The molecule has 12 heavy (non-hydrogen) atoms. The molecular formula is C10H13NO. The second-order valence-electron chi connectivity index (χ2n) is 2.85. The van der Waals surface area contributed by atoms with Crippen LogP contribution in [-0.2, 0) is 0 Å². The van der Waals surface area contributed by atoms with Crippen molar-refractivity contribution < 1.29 is 5.21 Å². The zero-order valence-electron chi connectivity index (χ0n) is 7.14. The van der Waals surface area contributed by atoms with Crippen LogP contribution in [0.25, 0.3) is 0 Å². The van der Waals surface area contributed by atoms with Gasteiger partial charge in [-0.2, -0.15) is 0 Å². The number of rotatable bonds is 3. The van der Waals surface area contributed by atoms with Gasteiger partial charge in [0, 0.05) is 6.21 Å². The highest BCUT2D eigenvalue weighted by molar-refractivity contribution is 5.57. The Morgan fingerprint density at radius 2 is 2.08 bits per heavy atom. The highest BCUT2D eigenvalue weighted by atomic mass is 16.4. The molecule has 2 nitrogen and oxygen atoms in total. The summed E-state index contributed by atoms with van der Waals surface area (Å²) in [6.07, 6.45) is 2.30. The molecule has 1 N–H and O–H groups in total. The first-order chi connectivity index (χ1) is 5.84. The fourth-order valence-corrected chi connectivity index (χ4v) is 1.12. The molecule has 0 radical (unpaired) electrons. The zero-order valence-corrected chi connectivity index (χ0v) is 7.14. The lowest BCUT2D eigenvalue weighted by Gasteiger charge is -2.06. The monoisotopic (exact) mass is 163 g/mol. The third-order valence-corrected chi connectivity index (χ3v) is 1.91. The summed E-state index contributed by atoms with van der Waals surface area (Å²) in [5, 5.41) is 11.2. The first-order valence-electron chi connectivity index (χ1n) is 4.05. The summed E-state index contributed by atoms with van der Waals surface area (Å²) >= 11 is 0. The average molecular weight is 163 g/mol. The molecule has 0 fully saturated rings. The zero-order chi connectivity index (χ0) is 8.81. The van der Waals surface area contributed by atoms with Gasteiger partial charge in [-0.15, -0.1) is 5.16 Å². The van der Waals surface area contributed by atoms with Crippen LogP contribution in [0.5, 0.6) is 0 Å². The molecule has 0 spiro atoms. The summed E-state index contributed by atoms with van der Waals surface area (Å²) in [4.78, 5) is 0. The van der Waals surface area contributed by atoms with E-state index in [-0.39, 0.29) is 0 Å². The van der Waals surface area contributed by atoms with Gasteiger partial charge in [0.05, 0.1) is 0 Å². The molecule has 2 heteroatoms. The van der Waals surface area contributed by atoms with Gasteiger partial charge in [0.1, 0.15) is 0 Å². The lowest BCUT2D eigenvalue weighted by atomic mass is 9.99. The van der Waals surface area contributed by atoms with E-state index in [0.717, 1.165) is 6.42 Å². The molecule has 0 saturated carbocycles. The number of nitrogens with zero attached hydrogens (tertiary/aromatic N) is 1. The maximum atomic E-state index is 8.23. The van der Waals surface area contributed by atoms with Gasteiger partial charge in [0.2, 0.25) is 0 Å². The molecule has 0 aliphatic heterocycles. The molecular weight excluding hydrogens is 150 g/mol. The van der Waals surface area contributed by atoms with Crippen molar-refractivity contribution in [2.24, 2.45) is 5.16 Å². The Bertz CT molecular complexity index is 243. The van der Waals surface area contributed by atoms with Gasteiger partial charge in [-0.05, 0) is 17.9 Å². The van der Waals surface area contributed by atoms with E-state index >= 15 is 0 Å². The summed E-state index contributed by atoms with van der Waals surface area (Å²) in [6.45, 7) is 2.11. The van der Waals surface area contributed by atoms with Crippen LogP contribution >= 0.6 is 0 Å². The minimum Gasteiger partial charge on any atom is -0.411 e. The van der Waals surface area contributed by atoms with Gasteiger partial charge in [0.25, 0.3) is 0 Å². The molecule has 1 atom stereocenters. The SMILES string of the molecule is CC(CC=NO)c1ccccc1. The van der Waals surface area contributed by atoms with Gasteiger partial charge in [-0.25, -0.2) is 0 Å². The summed E-state index contributed by atoms with van der Waals surface area (Å²) in [5.74, 6) is 0.419. The normalized spacial score (nSPS) is 13.4. The van der Waals surface area contributed by atoms with E-state index in [4.69, 9.17) is 5.21 Å². The Balaban J connectivity index is 2.59. The van der Waals surface area contributed by atoms with Crippen LogP contribution in [0.2, 0.25) is 0 Å². The summed E-state index contributed by atoms with van der Waals surface area (Å²) in [7, 11) is 0. The fourth-order valence-electron chi connectivity index (χ4n) is 1.12. The molecule has 1 rings (SSSR count). The van der Waals surface area contributed by atoms with E-state index in [9.17, 15) is 0 Å². The second kappa shape index (κ2) is 4.54. The molecule has 0 aliphatic carbocycles. The quantitative estimate of drug-likeness (QED) is 0.414. The Hall–Kier alpha value is -1.31. The predicted molar refractivity (Wildman–Crippen MR) is 49.8 cm³/mol. The Morgan fingerprint density at radius 1 is 1.42 bits per heavy atom. The number of oxime groups is 1. The highest BCUT2D eigenvalue weighted by Crippen LogP contribution is 2.16. The lowest BCUT2D eigenvalue weighted by molar-refractivity contribution is 0.320. The molecule has 0 bridgehead atoms. The van der Waals surface area contributed by atoms with Crippen molar-refractivity contribution in [3.05, 3.63) is 35.9 Å². The maximum absolute atomic E-state index is 8.23. The minimum atomic E-state index is 0.419. The number of hydrogen-bond donors (Lipinski definition) is 1. The van der Waals surface area contributed by atoms with Gasteiger partial charge < -0.3 is 5.21 Å². The van der Waals surface area contributed by atoms with E-state index in [1.165, 1.54) is 11.8 Å². The fraction of sp³-hybridized carbons (Fsp3) is 0.300. The molecule has 0 aromatic heterocycles. The molecule has 1 unspecified atom stereocenters. The minimum absolute atomic E-state index is 0.419. The molecule has 64 valence electrons. The lowest BCUT2D eigenvalue weighted by Crippen LogP contribution is -1.93. The third-order valence-electron chi connectivity index (χ3n) is 1.91. The maximum Gasteiger partial charge on any atom is 0.0441 e. The van der Waals surface area contributed by atoms with Crippen molar-refractivity contribution in [2.45, 2.75) is 19.3 Å².